The fourth-order valence-electron chi connectivity index (χ4n) is 2.34. The molecule has 0 aliphatic carbocycles. The Hall–Kier alpha value is -1.87. The average molecular weight is 459 g/mol. The smallest absolute Gasteiger partial charge is 0.493 e. The van der Waals surface area contributed by atoms with Gasteiger partial charge in [-0.25, -0.2) is 0 Å². The Morgan fingerprint density at radius 2 is 1.83 bits per heavy atom. The second-order valence-corrected chi connectivity index (χ2v) is 6.36. The molecule has 0 bridgehead atoms. The van der Waals surface area contributed by atoms with Gasteiger partial charge in [0, 0.05) is 17.4 Å². The molecule has 2 aromatic heterocycles. The summed E-state index contributed by atoms with van der Waals surface area (Å²) in [6.45, 7) is -2.93. The molecule has 3 rings (SSSR count). The Morgan fingerprint density at radius 3 is 2.43 bits per heavy atom. The quantitative estimate of drug-likeness (QED) is 0.339. The SMILES string of the molecule is COc1ccnc(CS(=O)c2nc3cc(OC(F)F)ccc3[n-]2)c1OC.O.O.O.[Na+]. The molecule has 0 aliphatic rings. The molecule has 1 atom stereocenters. The molecule has 0 radical (unpaired) electrons. The summed E-state index contributed by atoms with van der Waals surface area (Å²) >= 11 is 0. The predicted molar refractivity (Wildman–Crippen MR) is 100.0 cm³/mol. The number of methoxy groups -OCH3 is 2. The Morgan fingerprint density at radius 1 is 1.13 bits per heavy atom. The molecule has 0 amide bonds. The third-order valence-electron chi connectivity index (χ3n) is 3.44. The van der Waals surface area contributed by atoms with Gasteiger partial charge < -0.3 is 40.6 Å². The van der Waals surface area contributed by atoms with Crippen LogP contribution in [0.15, 0.2) is 35.6 Å². The maximum absolute atomic E-state index is 12.6. The number of aromatic nitrogens is 3. The van der Waals surface area contributed by atoms with E-state index in [1.165, 1.54) is 38.6 Å². The van der Waals surface area contributed by atoms with Crippen molar-refractivity contribution >= 4 is 21.8 Å². The van der Waals surface area contributed by atoms with E-state index in [9.17, 15) is 13.0 Å². The number of halogens is 2. The van der Waals surface area contributed by atoms with Gasteiger partial charge in [-0.3, -0.25) is 9.19 Å². The van der Waals surface area contributed by atoms with Crippen molar-refractivity contribution in [3.05, 3.63) is 36.2 Å². The molecule has 162 valence electrons. The summed E-state index contributed by atoms with van der Waals surface area (Å²) in [5.41, 5.74) is 1.18. The Kier molecular flexibility index (Phi) is 13.6. The van der Waals surface area contributed by atoms with Crippen molar-refractivity contribution in [2.75, 3.05) is 14.2 Å². The minimum absolute atomic E-state index is 0. The Bertz CT molecular complexity index is 962. The van der Waals surface area contributed by atoms with Gasteiger partial charge in [-0.15, -0.1) is 0 Å². The minimum Gasteiger partial charge on any atom is -0.493 e. The van der Waals surface area contributed by atoms with Crippen LogP contribution in [-0.4, -0.2) is 51.4 Å². The van der Waals surface area contributed by atoms with Crippen molar-refractivity contribution in [2.24, 2.45) is 0 Å². The van der Waals surface area contributed by atoms with Crippen LogP contribution in [0.5, 0.6) is 17.2 Å². The summed E-state index contributed by atoms with van der Waals surface area (Å²) in [6, 6.07) is 5.77. The van der Waals surface area contributed by atoms with Gasteiger partial charge in [-0.1, -0.05) is 6.07 Å². The minimum atomic E-state index is -2.93. The number of fused-ring (bicyclic) bond motifs is 1. The molecule has 0 saturated heterocycles. The van der Waals surface area contributed by atoms with Crippen LogP contribution in [0.2, 0.25) is 0 Å². The van der Waals surface area contributed by atoms with Crippen molar-refractivity contribution in [1.29, 1.82) is 0 Å². The van der Waals surface area contributed by atoms with Gasteiger partial charge >= 0.3 is 36.2 Å². The first-order valence-corrected chi connectivity index (χ1v) is 8.67. The van der Waals surface area contributed by atoms with Crippen molar-refractivity contribution in [3.8, 4) is 17.2 Å². The molecule has 2 heterocycles. The zero-order chi connectivity index (χ0) is 18.7. The summed E-state index contributed by atoms with van der Waals surface area (Å²) in [5.74, 6) is 0.821. The number of nitrogens with zero attached hydrogens (tertiary/aromatic N) is 3. The van der Waals surface area contributed by atoms with Gasteiger partial charge in [0.1, 0.15) is 5.75 Å². The third-order valence-corrected chi connectivity index (χ3v) is 4.57. The van der Waals surface area contributed by atoms with E-state index >= 15 is 0 Å². The number of pyridine rings is 1. The van der Waals surface area contributed by atoms with Gasteiger partial charge in [-0.05, 0) is 23.2 Å². The molecule has 0 spiro atoms. The van der Waals surface area contributed by atoms with Gasteiger partial charge in [0.25, 0.3) is 0 Å². The van der Waals surface area contributed by atoms with Crippen LogP contribution in [0.3, 0.4) is 0 Å². The zero-order valence-electron chi connectivity index (χ0n) is 16.3. The van der Waals surface area contributed by atoms with E-state index in [4.69, 9.17) is 9.47 Å². The van der Waals surface area contributed by atoms with Crippen LogP contribution in [0.1, 0.15) is 5.69 Å². The average Bonchev–Trinajstić information content (AvgIpc) is 3.04. The number of hydrogen-bond acceptors (Lipinski definition) is 6. The number of hydrogen-bond donors (Lipinski definition) is 0. The Balaban J connectivity index is 0. The molecule has 6 N–H and O–H groups in total. The standard InChI is InChI=1S/C16H14F2N3O4S.Na.3H2O/c1-23-13-5-6-19-12(14(13)24-2)8-26(22)16-20-10-4-3-9(25-15(17)18)7-11(10)21-16;;;;/h3-7,15H,8H2,1-2H3;;3*1H2/q-1;+1;;;. The monoisotopic (exact) mass is 459 g/mol. The largest absolute Gasteiger partial charge is 1.00 e. The molecule has 30 heavy (non-hydrogen) atoms. The number of ether oxygens (including phenoxy) is 3. The van der Waals surface area contributed by atoms with Crippen molar-refractivity contribution < 1.29 is 73.2 Å². The van der Waals surface area contributed by atoms with Crippen LogP contribution >= 0.6 is 0 Å². The van der Waals surface area contributed by atoms with Crippen LogP contribution in [-0.2, 0) is 16.6 Å². The summed E-state index contributed by atoms with van der Waals surface area (Å²) < 4.78 is 52.0. The molecule has 0 saturated carbocycles. The number of alkyl halides is 2. The first-order valence-electron chi connectivity index (χ1n) is 7.35. The van der Waals surface area contributed by atoms with Gasteiger partial charge in [0.15, 0.2) is 11.5 Å². The topological polar surface area (TPSA) is 179 Å². The summed E-state index contributed by atoms with van der Waals surface area (Å²) in [7, 11) is 1.34. The van der Waals surface area contributed by atoms with Gasteiger partial charge in [0.05, 0.1) is 36.5 Å². The van der Waals surface area contributed by atoms with Crippen LogP contribution in [0, 0.1) is 0 Å². The molecule has 1 aromatic carbocycles. The first-order chi connectivity index (χ1) is 12.5. The van der Waals surface area contributed by atoms with Crippen molar-refractivity contribution in [3.63, 3.8) is 0 Å². The predicted octanol–water partition coefficient (Wildman–Crippen LogP) is -2.96. The number of imidazole rings is 1. The second kappa shape index (κ2) is 13.4. The van der Waals surface area contributed by atoms with E-state index in [0.29, 0.717) is 28.2 Å². The maximum atomic E-state index is 12.6. The maximum Gasteiger partial charge on any atom is 1.00 e. The van der Waals surface area contributed by atoms with Crippen LogP contribution in [0.25, 0.3) is 11.0 Å². The zero-order valence-corrected chi connectivity index (χ0v) is 19.1. The summed E-state index contributed by atoms with van der Waals surface area (Å²) in [6.07, 6.45) is 1.52. The van der Waals surface area contributed by atoms with Crippen LogP contribution in [0.4, 0.5) is 8.78 Å². The third kappa shape index (κ3) is 6.84. The van der Waals surface area contributed by atoms with E-state index < -0.39 is 17.4 Å². The van der Waals surface area contributed by atoms with Gasteiger partial charge in [0.2, 0.25) is 0 Å². The summed E-state index contributed by atoms with van der Waals surface area (Å²) in [4.78, 5) is 12.5. The summed E-state index contributed by atoms with van der Waals surface area (Å²) in [5, 5.41) is 0.0702. The fraction of sp³-hybridized carbons (Fsp3) is 0.250. The van der Waals surface area contributed by atoms with E-state index in [1.807, 2.05) is 0 Å². The first kappa shape index (κ1) is 30.3. The van der Waals surface area contributed by atoms with E-state index in [2.05, 4.69) is 19.7 Å². The number of benzene rings is 1. The molecule has 0 aliphatic heterocycles. The molecular weight excluding hydrogens is 439 g/mol. The molecule has 0 fully saturated rings. The normalized spacial score (nSPS) is 10.7. The number of rotatable bonds is 7. The van der Waals surface area contributed by atoms with E-state index in [0.717, 1.165) is 0 Å². The van der Waals surface area contributed by atoms with Crippen LogP contribution < -0.4 is 48.8 Å². The second-order valence-electron chi connectivity index (χ2n) is 5.02. The molecule has 14 heteroatoms. The van der Waals surface area contributed by atoms with E-state index in [-0.39, 0.29) is 62.6 Å². The van der Waals surface area contributed by atoms with Crippen molar-refractivity contribution in [1.82, 2.24) is 15.0 Å². The van der Waals surface area contributed by atoms with E-state index in [1.54, 1.807) is 6.07 Å². The van der Waals surface area contributed by atoms with Crippen molar-refractivity contribution in [2.45, 2.75) is 17.5 Å². The molecular formula is C16H20F2N3NaO7S. The Labute approximate surface area is 194 Å². The molecule has 1 unspecified atom stereocenters. The molecule has 10 nitrogen and oxygen atoms in total. The molecule has 3 aromatic rings. The van der Waals surface area contributed by atoms with Gasteiger partial charge in [-0.2, -0.15) is 8.78 Å². The fourth-order valence-corrected chi connectivity index (χ4v) is 3.32.